The fraction of sp³-hybridized carbons (Fsp3) is 0.625. The van der Waals surface area contributed by atoms with E-state index in [2.05, 4.69) is 5.32 Å². The number of rotatable bonds is 3. The zero-order chi connectivity index (χ0) is 14.2. The van der Waals surface area contributed by atoms with Crippen molar-refractivity contribution in [1.82, 2.24) is 5.32 Å². The number of nitrogens with one attached hydrogen (secondary N) is 1. The van der Waals surface area contributed by atoms with Crippen molar-refractivity contribution >= 4 is 11.6 Å². The van der Waals surface area contributed by atoms with E-state index in [4.69, 9.17) is 16.3 Å². The minimum Gasteiger partial charge on any atom is -0.375 e. The standard InChI is InChI=1S/C16H21ClFNO/c1-19-15(13-4-3-12(17)9-14(13)18)11-5-8-20-16(10-11)6-2-7-16/h3-4,9,11,15,19H,2,5-8,10H2,1H3. The van der Waals surface area contributed by atoms with Gasteiger partial charge in [0.1, 0.15) is 5.82 Å². The van der Waals surface area contributed by atoms with Gasteiger partial charge in [-0.1, -0.05) is 17.7 Å². The molecule has 0 radical (unpaired) electrons. The van der Waals surface area contributed by atoms with E-state index in [0.717, 1.165) is 37.9 Å². The molecule has 0 bridgehead atoms. The Bertz CT molecular complexity index is 489. The van der Waals surface area contributed by atoms with E-state index in [1.54, 1.807) is 6.07 Å². The highest BCUT2D eigenvalue weighted by molar-refractivity contribution is 6.30. The molecule has 1 saturated heterocycles. The maximum absolute atomic E-state index is 14.2. The zero-order valence-corrected chi connectivity index (χ0v) is 12.5. The Balaban J connectivity index is 1.81. The summed E-state index contributed by atoms with van der Waals surface area (Å²) in [6, 6.07) is 5.01. The Hall–Kier alpha value is -0.640. The van der Waals surface area contributed by atoms with Crippen LogP contribution in [0, 0.1) is 11.7 Å². The second kappa shape index (κ2) is 5.63. The van der Waals surface area contributed by atoms with Gasteiger partial charge >= 0.3 is 0 Å². The van der Waals surface area contributed by atoms with Gasteiger partial charge in [-0.15, -0.1) is 0 Å². The van der Waals surface area contributed by atoms with E-state index < -0.39 is 0 Å². The maximum Gasteiger partial charge on any atom is 0.129 e. The van der Waals surface area contributed by atoms with Crippen LogP contribution in [0.1, 0.15) is 43.7 Å². The third kappa shape index (κ3) is 2.59. The van der Waals surface area contributed by atoms with Crippen LogP contribution in [0.2, 0.25) is 5.02 Å². The first kappa shape index (κ1) is 14.3. The van der Waals surface area contributed by atoms with Crippen LogP contribution in [0.15, 0.2) is 18.2 Å². The number of halogens is 2. The molecular formula is C16H21ClFNO. The summed E-state index contributed by atoms with van der Waals surface area (Å²) in [5.74, 6) is 0.204. The van der Waals surface area contributed by atoms with Gasteiger partial charge in [-0.05, 0) is 57.2 Å². The van der Waals surface area contributed by atoms with Crippen LogP contribution in [0.3, 0.4) is 0 Å². The van der Waals surface area contributed by atoms with E-state index in [-0.39, 0.29) is 17.5 Å². The van der Waals surface area contributed by atoms with Crippen LogP contribution in [0.5, 0.6) is 0 Å². The molecule has 3 rings (SSSR count). The second-order valence-corrected chi connectivity index (χ2v) is 6.51. The molecule has 0 amide bonds. The van der Waals surface area contributed by atoms with Crippen molar-refractivity contribution in [2.24, 2.45) is 5.92 Å². The first-order valence-electron chi connectivity index (χ1n) is 7.40. The Morgan fingerprint density at radius 1 is 1.45 bits per heavy atom. The number of ether oxygens (including phenoxy) is 1. The number of hydrogen-bond donors (Lipinski definition) is 1. The van der Waals surface area contributed by atoms with Crippen LogP contribution in [-0.4, -0.2) is 19.3 Å². The van der Waals surface area contributed by atoms with E-state index >= 15 is 0 Å². The summed E-state index contributed by atoms with van der Waals surface area (Å²) < 4.78 is 20.1. The molecule has 1 aliphatic carbocycles. The van der Waals surface area contributed by atoms with Crippen LogP contribution in [0.4, 0.5) is 4.39 Å². The summed E-state index contributed by atoms with van der Waals surface area (Å²) in [6.45, 7) is 0.790. The molecule has 1 spiro atoms. The average Bonchev–Trinajstić information content (AvgIpc) is 2.40. The summed E-state index contributed by atoms with van der Waals surface area (Å²) in [5.41, 5.74) is 0.805. The predicted octanol–water partition coefficient (Wildman–Crippen LogP) is 4.09. The molecule has 110 valence electrons. The van der Waals surface area contributed by atoms with Crippen molar-refractivity contribution in [2.45, 2.75) is 43.7 Å². The van der Waals surface area contributed by atoms with Crippen molar-refractivity contribution in [1.29, 1.82) is 0 Å². The Labute approximate surface area is 124 Å². The van der Waals surface area contributed by atoms with Crippen molar-refractivity contribution < 1.29 is 9.13 Å². The van der Waals surface area contributed by atoms with Crippen molar-refractivity contribution in [3.05, 3.63) is 34.6 Å². The maximum atomic E-state index is 14.2. The summed E-state index contributed by atoms with van der Waals surface area (Å²) in [4.78, 5) is 0. The van der Waals surface area contributed by atoms with Gasteiger partial charge < -0.3 is 10.1 Å². The molecule has 2 fully saturated rings. The molecule has 2 unspecified atom stereocenters. The molecule has 1 aromatic carbocycles. The summed E-state index contributed by atoms with van der Waals surface area (Å²) >= 11 is 5.85. The summed E-state index contributed by atoms with van der Waals surface area (Å²) in [5, 5.41) is 3.74. The van der Waals surface area contributed by atoms with E-state index in [1.165, 1.54) is 12.5 Å². The van der Waals surface area contributed by atoms with Crippen LogP contribution in [0.25, 0.3) is 0 Å². The first-order valence-corrected chi connectivity index (χ1v) is 7.77. The lowest BCUT2D eigenvalue weighted by Crippen LogP contribution is -2.47. The molecular weight excluding hydrogens is 277 g/mol. The van der Waals surface area contributed by atoms with E-state index in [1.807, 2.05) is 13.1 Å². The lowest BCUT2D eigenvalue weighted by molar-refractivity contribution is -0.147. The molecule has 1 saturated carbocycles. The van der Waals surface area contributed by atoms with E-state index in [9.17, 15) is 4.39 Å². The lowest BCUT2D eigenvalue weighted by Gasteiger charge is -2.48. The fourth-order valence-corrected chi connectivity index (χ4v) is 3.83. The summed E-state index contributed by atoms with van der Waals surface area (Å²) in [6.07, 6.45) is 5.58. The monoisotopic (exact) mass is 297 g/mol. The molecule has 1 aromatic rings. The lowest BCUT2D eigenvalue weighted by atomic mass is 9.69. The minimum absolute atomic E-state index is 0.0358. The van der Waals surface area contributed by atoms with Gasteiger partial charge in [0.25, 0.3) is 0 Å². The minimum atomic E-state index is -0.217. The number of hydrogen-bond acceptors (Lipinski definition) is 2. The average molecular weight is 298 g/mol. The highest BCUT2D eigenvalue weighted by Gasteiger charge is 2.44. The molecule has 20 heavy (non-hydrogen) atoms. The Kier molecular flexibility index (Phi) is 4.02. The Morgan fingerprint density at radius 3 is 2.85 bits per heavy atom. The highest BCUT2D eigenvalue weighted by atomic mass is 35.5. The highest BCUT2D eigenvalue weighted by Crippen LogP contribution is 2.47. The van der Waals surface area contributed by atoms with Gasteiger partial charge in [-0.2, -0.15) is 0 Å². The molecule has 1 N–H and O–H groups in total. The van der Waals surface area contributed by atoms with Gasteiger partial charge in [0, 0.05) is 23.2 Å². The molecule has 2 atom stereocenters. The molecule has 1 aliphatic heterocycles. The SMILES string of the molecule is CNC(c1ccc(Cl)cc1F)C1CCOC2(CCC2)C1. The molecule has 1 heterocycles. The Morgan fingerprint density at radius 2 is 2.25 bits per heavy atom. The summed E-state index contributed by atoms with van der Waals surface area (Å²) in [7, 11) is 1.90. The molecule has 2 nitrogen and oxygen atoms in total. The van der Waals surface area contributed by atoms with Crippen LogP contribution >= 0.6 is 11.6 Å². The van der Waals surface area contributed by atoms with Crippen molar-refractivity contribution in [2.75, 3.05) is 13.7 Å². The third-order valence-corrected chi connectivity index (χ3v) is 5.11. The van der Waals surface area contributed by atoms with Gasteiger partial charge in [-0.3, -0.25) is 0 Å². The smallest absolute Gasteiger partial charge is 0.129 e. The van der Waals surface area contributed by atoms with Crippen LogP contribution < -0.4 is 5.32 Å². The quantitative estimate of drug-likeness (QED) is 0.907. The van der Waals surface area contributed by atoms with Crippen molar-refractivity contribution in [3.8, 4) is 0 Å². The molecule has 0 aromatic heterocycles. The topological polar surface area (TPSA) is 21.3 Å². The van der Waals surface area contributed by atoms with Gasteiger partial charge in [-0.25, -0.2) is 4.39 Å². The van der Waals surface area contributed by atoms with Gasteiger partial charge in [0.2, 0.25) is 0 Å². The zero-order valence-electron chi connectivity index (χ0n) is 11.8. The number of benzene rings is 1. The van der Waals surface area contributed by atoms with Gasteiger partial charge in [0.15, 0.2) is 0 Å². The van der Waals surface area contributed by atoms with Crippen molar-refractivity contribution in [3.63, 3.8) is 0 Å². The molecule has 2 aliphatic rings. The normalized spacial score (nSPS) is 26.2. The van der Waals surface area contributed by atoms with Gasteiger partial charge in [0.05, 0.1) is 5.60 Å². The third-order valence-electron chi connectivity index (χ3n) is 4.88. The largest absolute Gasteiger partial charge is 0.375 e. The second-order valence-electron chi connectivity index (χ2n) is 6.07. The van der Waals surface area contributed by atoms with E-state index in [0.29, 0.717) is 10.9 Å². The fourth-order valence-electron chi connectivity index (χ4n) is 3.67. The van der Waals surface area contributed by atoms with Crippen LogP contribution in [-0.2, 0) is 4.74 Å². The predicted molar refractivity (Wildman–Crippen MR) is 78.5 cm³/mol. The first-order chi connectivity index (χ1) is 9.63. The molecule has 4 heteroatoms.